The predicted octanol–water partition coefficient (Wildman–Crippen LogP) is 3.95. The van der Waals surface area contributed by atoms with Crippen LogP contribution in [0.4, 0.5) is 0 Å². The van der Waals surface area contributed by atoms with E-state index in [-0.39, 0.29) is 11.9 Å². The van der Waals surface area contributed by atoms with Crippen LogP contribution in [0, 0.1) is 6.92 Å². The molecule has 0 saturated carbocycles. The minimum atomic E-state index is 0.155. The van der Waals surface area contributed by atoms with Gasteiger partial charge in [0, 0.05) is 31.1 Å². The van der Waals surface area contributed by atoms with Gasteiger partial charge < -0.3 is 9.47 Å². The lowest BCUT2D eigenvalue weighted by atomic mass is 10.0. The number of aryl methyl sites for hydroxylation is 2. The lowest BCUT2D eigenvalue weighted by molar-refractivity contribution is -0.135. The normalized spacial score (nSPS) is 18.0. The summed E-state index contributed by atoms with van der Waals surface area (Å²) in [6.07, 6.45) is 5.60. The van der Waals surface area contributed by atoms with Crippen LogP contribution in [0.15, 0.2) is 35.8 Å². The Labute approximate surface area is 151 Å². The highest BCUT2D eigenvalue weighted by Crippen LogP contribution is 2.32. The topological polar surface area (TPSA) is 51.0 Å². The van der Waals surface area contributed by atoms with Gasteiger partial charge >= 0.3 is 0 Å². The van der Waals surface area contributed by atoms with Gasteiger partial charge in [0.1, 0.15) is 10.8 Å². The zero-order valence-corrected chi connectivity index (χ0v) is 15.2. The molecule has 1 aliphatic heterocycles. The van der Waals surface area contributed by atoms with Crippen molar-refractivity contribution < 1.29 is 4.79 Å². The van der Waals surface area contributed by atoms with Gasteiger partial charge in [-0.1, -0.05) is 12.1 Å². The fourth-order valence-electron chi connectivity index (χ4n) is 3.72. The average Bonchev–Trinajstić information content (AvgIpc) is 3.27. The summed E-state index contributed by atoms with van der Waals surface area (Å²) in [7, 11) is 0. The van der Waals surface area contributed by atoms with Crippen molar-refractivity contribution in [1.82, 2.24) is 19.4 Å². The van der Waals surface area contributed by atoms with E-state index in [1.54, 1.807) is 11.3 Å². The number of hydrogen-bond donors (Lipinski definition) is 0. The van der Waals surface area contributed by atoms with Gasteiger partial charge in [-0.25, -0.2) is 9.97 Å². The number of amides is 1. The Kier molecular flexibility index (Phi) is 4.53. The SMILES string of the molecule is Cc1nc2ccccc2n1CCC(=O)N1CCCCC1c1nccs1. The molecule has 2 aromatic heterocycles. The number of benzene rings is 1. The van der Waals surface area contributed by atoms with Crippen molar-refractivity contribution in [2.75, 3.05) is 6.54 Å². The summed E-state index contributed by atoms with van der Waals surface area (Å²) < 4.78 is 2.15. The molecule has 0 aliphatic carbocycles. The molecule has 25 heavy (non-hydrogen) atoms. The maximum absolute atomic E-state index is 12.9. The molecule has 1 aliphatic rings. The van der Waals surface area contributed by atoms with Crippen LogP contribution in [0.1, 0.15) is 42.6 Å². The molecule has 1 unspecified atom stereocenters. The van der Waals surface area contributed by atoms with Gasteiger partial charge in [-0.05, 0) is 38.3 Å². The van der Waals surface area contributed by atoms with Gasteiger partial charge in [0.15, 0.2) is 0 Å². The van der Waals surface area contributed by atoms with Crippen molar-refractivity contribution in [3.63, 3.8) is 0 Å². The molecule has 0 spiro atoms. The Morgan fingerprint density at radius 3 is 3.04 bits per heavy atom. The summed E-state index contributed by atoms with van der Waals surface area (Å²) in [4.78, 5) is 24.0. The Morgan fingerprint density at radius 1 is 1.32 bits per heavy atom. The number of nitrogens with zero attached hydrogens (tertiary/aromatic N) is 4. The van der Waals surface area contributed by atoms with Crippen LogP contribution in [0.25, 0.3) is 11.0 Å². The summed E-state index contributed by atoms with van der Waals surface area (Å²) in [5, 5.41) is 3.06. The average molecular weight is 354 g/mol. The van der Waals surface area contributed by atoms with E-state index in [9.17, 15) is 4.79 Å². The zero-order valence-electron chi connectivity index (χ0n) is 14.4. The number of rotatable bonds is 4. The minimum absolute atomic E-state index is 0.155. The molecule has 3 heterocycles. The molecule has 1 fully saturated rings. The first-order valence-electron chi connectivity index (χ1n) is 8.85. The number of carbonyl (C=O) groups excluding carboxylic acids is 1. The van der Waals surface area contributed by atoms with Crippen molar-refractivity contribution in [2.45, 2.75) is 45.2 Å². The molecule has 130 valence electrons. The third-order valence-electron chi connectivity index (χ3n) is 4.95. The van der Waals surface area contributed by atoms with E-state index in [1.165, 1.54) is 6.42 Å². The van der Waals surface area contributed by atoms with Gasteiger partial charge in [-0.2, -0.15) is 0 Å². The number of aromatic nitrogens is 3. The lowest BCUT2D eigenvalue weighted by Crippen LogP contribution is -2.38. The van der Waals surface area contributed by atoms with Crippen LogP contribution in [0.5, 0.6) is 0 Å². The summed E-state index contributed by atoms with van der Waals surface area (Å²) in [6, 6.07) is 8.26. The van der Waals surface area contributed by atoms with Crippen LogP contribution >= 0.6 is 11.3 Å². The van der Waals surface area contributed by atoms with Crippen molar-refractivity contribution in [2.24, 2.45) is 0 Å². The number of hydrogen-bond acceptors (Lipinski definition) is 4. The minimum Gasteiger partial charge on any atom is -0.333 e. The van der Waals surface area contributed by atoms with Crippen LogP contribution in [0.2, 0.25) is 0 Å². The molecule has 3 aromatic rings. The van der Waals surface area contributed by atoms with E-state index in [1.807, 2.05) is 41.6 Å². The second kappa shape index (κ2) is 6.96. The molecule has 6 heteroatoms. The molecule has 0 N–H and O–H groups in total. The Morgan fingerprint density at radius 2 is 2.20 bits per heavy atom. The molecular weight excluding hydrogens is 332 g/mol. The number of carbonyl (C=O) groups is 1. The van der Waals surface area contributed by atoms with Crippen LogP contribution in [-0.4, -0.2) is 31.9 Å². The lowest BCUT2D eigenvalue weighted by Gasteiger charge is -2.34. The summed E-state index contributed by atoms with van der Waals surface area (Å²) in [6.45, 7) is 3.52. The number of fused-ring (bicyclic) bond motifs is 1. The number of piperidine rings is 1. The standard InChI is InChI=1S/C19H22N4OS/c1-14-21-15-6-2-3-7-16(15)22(14)12-9-18(24)23-11-5-4-8-17(23)19-20-10-13-25-19/h2-3,6-7,10,13,17H,4-5,8-9,11-12H2,1H3. The van der Waals surface area contributed by atoms with Crippen molar-refractivity contribution >= 4 is 28.3 Å². The van der Waals surface area contributed by atoms with Gasteiger partial charge in [0.2, 0.25) is 5.91 Å². The number of thiazole rings is 1. The highest BCUT2D eigenvalue weighted by molar-refractivity contribution is 7.09. The Bertz CT molecular complexity index is 871. The molecule has 0 radical (unpaired) electrons. The maximum atomic E-state index is 12.9. The first kappa shape index (κ1) is 16.3. The maximum Gasteiger partial charge on any atom is 0.224 e. The van der Waals surface area contributed by atoms with Crippen LogP contribution < -0.4 is 0 Å². The van der Waals surface area contributed by atoms with Crippen molar-refractivity contribution in [1.29, 1.82) is 0 Å². The van der Waals surface area contributed by atoms with E-state index in [4.69, 9.17) is 0 Å². The molecule has 4 rings (SSSR count). The molecular formula is C19H22N4OS. The van der Waals surface area contributed by atoms with Gasteiger partial charge in [0.05, 0.1) is 17.1 Å². The van der Waals surface area contributed by atoms with Crippen LogP contribution in [0.3, 0.4) is 0 Å². The third-order valence-corrected chi connectivity index (χ3v) is 5.83. The fraction of sp³-hybridized carbons (Fsp3) is 0.421. The van der Waals surface area contributed by atoms with Gasteiger partial charge in [-0.15, -0.1) is 11.3 Å². The van der Waals surface area contributed by atoms with Crippen LogP contribution in [-0.2, 0) is 11.3 Å². The first-order chi connectivity index (χ1) is 12.2. The van der Waals surface area contributed by atoms with Gasteiger partial charge in [0.25, 0.3) is 0 Å². The Balaban J connectivity index is 1.50. The number of likely N-dealkylation sites (tertiary alicyclic amines) is 1. The second-order valence-corrected chi connectivity index (χ2v) is 7.44. The molecule has 1 amide bonds. The highest BCUT2D eigenvalue weighted by Gasteiger charge is 2.29. The molecule has 5 nitrogen and oxygen atoms in total. The summed E-state index contributed by atoms with van der Waals surface area (Å²) in [5.74, 6) is 1.18. The quantitative estimate of drug-likeness (QED) is 0.713. The monoisotopic (exact) mass is 354 g/mol. The van der Waals surface area contributed by atoms with E-state index in [0.717, 1.165) is 41.3 Å². The fourth-order valence-corrected chi connectivity index (χ4v) is 4.50. The van der Waals surface area contributed by atoms with E-state index >= 15 is 0 Å². The van der Waals surface area contributed by atoms with Crippen molar-refractivity contribution in [3.05, 3.63) is 46.7 Å². The second-order valence-electron chi connectivity index (χ2n) is 6.52. The highest BCUT2D eigenvalue weighted by atomic mass is 32.1. The zero-order chi connectivity index (χ0) is 17.2. The van der Waals surface area contributed by atoms with E-state index in [0.29, 0.717) is 13.0 Å². The van der Waals surface area contributed by atoms with E-state index in [2.05, 4.69) is 20.6 Å². The largest absolute Gasteiger partial charge is 0.333 e. The third kappa shape index (κ3) is 3.18. The first-order valence-corrected chi connectivity index (χ1v) is 9.73. The van der Waals surface area contributed by atoms with Crippen molar-refractivity contribution in [3.8, 4) is 0 Å². The summed E-state index contributed by atoms with van der Waals surface area (Å²) in [5.41, 5.74) is 2.09. The number of imidazole rings is 1. The molecule has 0 bridgehead atoms. The molecule has 1 saturated heterocycles. The Hall–Kier alpha value is -2.21. The number of para-hydroxylation sites is 2. The molecule has 1 atom stereocenters. The summed E-state index contributed by atoms with van der Waals surface area (Å²) >= 11 is 1.65. The predicted molar refractivity (Wildman–Crippen MR) is 99.5 cm³/mol. The van der Waals surface area contributed by atoms with Gasteiger partial charge in [-0.3, -0.25) is 4.79 Å². The van der Waals surface area contributed by atoms with E-state index < -0.39 is 0 Å². The molecule has 1 aromatic carbocycles. The smallest absolute Gasteiger partial charge is 0.224 e.